The third kappa shape index (κ3) is 5.34. The van der Waals surface area contributed by atoms with Crippen molar-refractivity contribution in [1.82, 2.24) is 10.6 Å². The van der Waals surface area contributed by atoms with Gasteiger partial charge in [-0.3, -0.25) is 4.79 Å². The minimum absolute atomic E-state index is 0. The van der Waals surface area contributed by atoms with Crippen LogP contribution in [0, 0.1) is 5.41 Å². The fourth-order valence-electron chi connectivity index (χ4n) is 2.44. The number of carbonyl (C=O) groups is 1. The van der Waals surface area contributed by atoms with Crippen LogP contribution in [0.2, 0.25) is 5.02 Å². The van der Waals surface area contributed by atoms with Crippen molar-refractivity contribution in [2.75, 3.05) is 19.6 Å². The van der Waals surface area contributed by atoms with Crippen LogP contribution < -0.4 is 15.4 Å². The van der Waals surface area contributed by atoms with Gasteiger partial charge in [0.25, 0.3) is 5.91 Å². The Morgan fingerprint density at radius 1 is 1.41 bits per heavy atom. The molecule has 2 rings (SSSR count). The second kappa shape index (κ2) is 8.61. The zero-order valence-corrected chi connectivity index (χ0v) is 14.6. The first-order valence-electron chi connectivity index (χ1n) is 7.40. The minimum atomic E-state index is -0.560. The first-order valence-corrected chi connectivity index (χ1v) is 7.78. The molecular weight excluding hydrogens is 323 g/mol. The summed E-state index contributed by atoms with van der Waals surface area (Å²) in [6, 6.07) is 7.18. The molecule has 22 heavy (non-hydrogen) atoms. The predicted octanol–water partition coefficient (Wildman–Crippen LogP) is 3.04. The van der Waals surface area contributed by atoms with E-state index in [0.717, 1.165) is 25.9 Å². The molecule has 0 aliphatic carbocycles. The van der Waals surface area contributed by atoms with Crippen LogP contribution in [-0.4, -0.2) is 31.6 Å². The van der Waals surface area contributed by atoms with E-state index in [1.807, 2.05) is 12.1 Å². The fourth-order valence-corrected chi connectivity index (χ4v) is 2.62. The van der Waals surface area contributed by atoms with Crippen LogP contribution in [0.5, 0.6) is 5.75 Å². The lowest BCUT2D eigenvalue weighted by Crippen LogP contribution is -2.45. The van der Waals surface area contributed by atoms with E-state index in [9.17, 15) is 4.79 Å². The molecule has 1 saturated heterocycles. The van der Waals surface area contributed by atoms with Crippen LogP contribution in [0.4, 0.5) is 0 Å². The quantitative estimate of drug-likeness (QED) is 0.861. The number of ether oxygens (including phenoxy) is 1. The van der Waals surface area contributed by atoms with Gasteiger partial charge in [-0.15, -0.1) is 12.4 Å². The normalized spacial score (nSPS) is 18.0. The molecule has 1 heterocycles. The summed E-state index contributed by atoms with van der Waals surface area (Å²) in [5.74, 6) is 0.435. The summed E-state index contributed by atoms with van der Waals surface area (Å²) < 4.78 is 5.62. The first-order chi connectivity index (χ1) is 10.0. The minimum Gasteiger partial charge on any atom is -0.479 e. The van der Waals surface area contributed by atoms with Crippen molar-refractivity contribution in [3.63, 3.8) is 0 Å². The maximum Gasteiger partial charge on any atom is 0.260 e. The Kier molecular flexibility index (Phi) is 7.46. The number of nitrogens with one attached hydrogen (secondary N) is 2. The SMILES string of the molecule is CC(Oc1ccccc1Cl)C(=O)NCC1(C)CCNCC1.Cl. The second-order valence-corrected chi connectivity index (χ2v) is 6.38. The van der Waals surface area contributed by atoms with Crippen molar-refractivity contribution < 1.29 is 9.53 Å². The number of benzene rings is 1. The third-order valence-electron chi connectivity index (χ3n) is 4.01. The van der Waals surface area contributed by atoms with Crippen LogP contribution in [-0.2, 0) is 4.79 Å². The van der Waals surface area contributed by atoms with Gasteiger partial charge in [0.1, 0.15) is 5.75 Å². The van der Waals surface area contributed by atoms with E-state index in [4.69, 9.17) is 16.3 Å². The lowest BCUT2D eigenvalue weighted by atomic mass is 9.81. The van der Waals surface area contributed by atoms with Crippen molar-refractivity contribution in [2.24, 2.45) is 5.41 Å². The molecule has 124 valence electrons. The van der Waals surface area contributed by atoms with Gasteiger partial charge in [-0.25, -0.2) is 0 Å². The molecule has 1 atom stereocenters. The average molecular weight is 347 g/mol. The largest absolute Gasteiger partial charge is 0.479 e. The summed E-state index contributed by atoms with van der Waals surface area (Å²) in [7, 11) is 0. The highest BCUT2D eigenvalue weighted by molar-refractivity contribution is 6.32. The predicted molar refractivity (Wildman–Crippen MR) is 92.0 cm³/mol. The van der Waals surface area contributed by atoms with Crippen LogP contribution in [0.25, 0.3) is 0 Å². The Bertz CT molecular complexity index is 491. The molecule has 0 bridgehead atoms. The topological polar surface area (TPSA) is 50.4 Å². The zero-order valence-electron chi connectivity index (χ0n) is 13.0. The molecule has 0 aromatic heterocycles. The van der Waals surface area contributed by atoms with E-state index in [2.05, 4.69) is 17.6 Å². The van der Waals surface area contributed by atoms with E-state index in [0.29, 0.717) is 17.3 Å². The summed E-state index contributed by atoms with van der Waals surface area (Å²) in [5.41, 5.74) is 0.172. The average Bonchev–Trinajstić information content (AvgIpc) is 2.48. The van der Waals surface area contributed by atoms with Gasteiger partial charge in [-0.2, -0.15) is 0 Å². The maximum atomic E-state index is 12.1. The molecular formula is C16H24Cl2N2O2. The van der Waals surface area contributed by atoms with E-state index in [-0.39, 0.29) is 23.7 Å². The standard InChI is InChI=1S/C16H23ClN2O2.ClH/c1-12(21-14-6-4-3-5-13(14)17)15(20)19-11-16(2)7-9-18-10-8-16;/h3-6,12,18H,7-11H2,1-2H3,(H,19,20);1H. The molecule has 1 amide bonds. The Morgan fingerprint density at radius 3 is 2.68 bits per heavy atom. The van der Waals surface area contributed by atoms with Crippen LogP contribution in [0.3, 0.4) is 0 Å². The Hall–Kier alpha value is -0.970. The van der Waals surface area contributed by atoms with Crippen molar-refractivity contribution in [1.29, 1.82) is 0 Å². The molecule has 1 aromatic rings. The van der Waals surface area contributed by atoms with Crippen LogP contribution in [0.15, 0.2) is 24.3 Å². The smallest absolute Gasteiger partial charge is 0.260 e. The Morgan fingerprint density at radius 2 is 2.05 bits per heavy atom. The summed E-state index contributed by atoms with van der Waals surface area (Å²) in [4.78, 5) is 12.1. The molecule has 2 N–H and O–H groups in total. The summed E-state index contributed by atoms with van der Waals surface area (Å²) in [5, 5.41) is 6.85. The van der Waals surface area contributed by atoms with Gasteiger partial charge in [0.05, 0.1) is 5.02 Å². The number of hydrogen-bond donors (Lipinski definition) is 2. The highest BCUT2D eigenvalue weighted by Gasteiger charge is 2.28. The van der Waals surface area contributed by atoms with E-state index in [1.165, 1.54) is 0 Å². The van der Waals surface area contributed by atoms with Crippen LogP contribution >= 0.6 is 24.0 Å². The highest BCUT2D eigenvalue weighted by atomic mass is 35.5. The van der Waals surface area contributed by atoms with Gasteiger partial charge >= 0.3 is 0 Å². The summed E-state index contributed by atoms with van der Waals surface area (Å²) in [6.07, 6.45) is 1.59. The second-order valence-electron chi connectivity index (χ2n) is 5.97. The number of para-hydroxylation sites is 1. The van der Waals surface area contributed by atoms with Gasteiger partial charge in [-0.05, 0) is 50.4 Å². The molecule has 0 saturated carbocycles. The molecule has 6 heteroatoms. The van der Waals surface area contributed by atoms with Crippen molar-refractivity contribution in [2.45, 2.75) is 32.8 Å². The van der Waals surface area contributed by atoms with Crippen LogP contribution in [0.1, 0.15) is 26.7 Å². The van der Waals surface area contributed by atoms with E-state index >= 15 is 0 Å². The highest BCUT2D eigenvalue weighted by Crippen LogP contribution is 2.27. The number of halogens is 2. The van der Waals surface area contributed by atoms with Crippen molar-refractivity contribution in [3.8, 4) is 5.75 Å². The van der Waals surface area contributed by atoms with E-state index < -0.39 is 6.10 Å². The van der Waals surface area contributed by atoms with Gasteiger partial charge < -0.3 is 15.4 Å². The zero-order chi connectivity index (χ0) is 15.3. The number of piperidine rings is 1. The summed E-state index contributed by atoms with van der Waals surface area (Å²) >= 11 is 6.03. The van der Waals surface area contributed by atoms with Gasteiger partial charge in [-0.1, -0.05) is 30.7 Å². The number of rotatable bonds is 5. The fraction of sp³-hybridized carbons (Fsp3) is 0.562. The van der Waals surface area contributed by atoms with E-state index in [1.54, 1.807) is 19.1 Å². The van der Waals surface area contributed by atoms with Crippen molar-refractivity contribution in [3.05, 3.63) is 29.3 Å². The number of carbonyl (C=O) groups excluding carboxylic acids is 1. The number of amides is 1. The molecule has 4 nitrogen and oxygen atoms in total. The third-order valence-corrected chi connectivity index (χ3v) is 4.32. The molecule has 1 aromatic carbocycles. The maximum absolute atomic E-state index is 12.1. The van der Waals surface area contributed by atoms with Gasteiger partial charge in [0.2, 0.25) is 0 Å². The molecule has 1 fully saturated rings. The molecule has 0 spiro atoms. The molecule has 1 aliphatic rings. The molecule has 1 aliphatic heterocycles. The van der Waals surface area contributed by atoms with Crippen molar-refractivity contribution >= 4 is 29.9 Å². The lowest BCUT2D eigenvalue weighted by molar-refractivity contribution is -0.127. The Balaban J connectivity index is 0.00000242. The lowest BCUT2D eigenvalue weighted by Gasteiger charge is -2.34. The monoisotopic (exact) mass is 346 g/mol. The first kappa shape index (κ1) is 19.1. The number of hydrogen-bond acceptors (Lipinski definition) is 3. The van der Waals surface area contributed by atoms with Gasteiger partial charge in [0.15, 0.2) is 6.10 Å². The molecule has 1 unspecified atom stereocenters. The molecule has 0 radical (unpaired) electrons. The van der Waals surface area contributed by atoms with Gasteiger partial charge in [0, 0.05) is 6.54 Å². The summed E-state index contributed by atoms with van der Waals surface area (Å²) in [6.45, 7) is 6.66. The Labute approximate surface area is 143 Å².